The first-order chi connectivity index (χ1) is 6.16. The second-order valence-electron chi connectivity index (χ2n) is 3.87. The predicted octanol–water partition coefficient (Wildman–Crippen LogP) is 1.10. The average Bonchev–Trinajstić information content (AvgIpc) is 2.10. The maximum absolute atomic E-state index is 10.2. The third kappa shape index (κ3) is 9.34. The van der Waals surface area contributed by atoms with Crippen LogP contribution in [-0.4, -0.2) is 38.0 Å². The first kappa shape index (κ1) is 12.4. The molecule has 0 aliphatic rings. The Kier molecular flexibility index (Phi) is 7.69. The monoisotopic (exact) mass is 186 g/mol. The van der Waals surface area contributed by atoms with Gasteiger partial charge in [0, 0.05) is 20.1 Å². The summed E-state index contributed by atoms with van der Waals surface area (Å²) in [6, 6.07) is 0. The quantitative estimate of drug-likeness (QED) is 0.455. The number of likely N-dealkylation sites (N-methyl/N-ethyl adjacent to an activating group) is 1. The van der Waals surface area contributed by atoms with Gasteiger partial charge in [-0.3, -0.25) is 4.79 Å². The Hall–Kier alpha value is -0.570. The molecule has 3 nitrogen and oxygen atoms in total. The third-order valence-electron chi connectivity index (χ3n) is 1.96. The van der Waals surface area contributed by atoms with Crippen LogP contribution >= 0.6 is 0 Å². The van der Waals surface area contributed by atoms with E-state index in [9.17, 15) is 4.79 Å². The highest BCUT2D eigenvalue weighted by Crippen LogP contribution is 2.01. The lowest BCUT2D eigenvalue weighted by Crippen LogP contribution is -2.28. The maximum atomic E-state index is 10.2. The molecule has 0 rings (SSSR count). The van der Waals surface area contributed by atoms with Gasteiger partial charge in [-0.2, -0.15) is 0 Å². The van der Waals surface area contributed by atoms with Crippen LogP contribution in [0, 0.1) is 5.92 Å². The van der Waals surface area contributed by atoms with Crippen LogP contribution in [0.15, 0.2) is 0 Å². The molecule has 0 fully saturated rings. The molecule has 0 spiro atoms. The van der Waals surface area contributed by atoms with Crippen molar-refractivity contribution in [3.05, 3.63) is 0 Å². The summed E-state index contributed by atoms with van der Waals surface area (Å²) in [6.07, 6.45) is 3.36. The fraction of sp³-hybridized carbons (Fsp3) is 0.900. The average molecular weight is 186 g/mol. The van der Waals surface area contributed by atoms with Crippen molar-refractivity contribution >= 4 is 6.41 Å². The Morgan fingerprint density at radius 2 is 2.08 bits per heavy atom. The smallest absolute Gasteiger partial charge is 0.209 e. The van der Waals surface area contributed by atoms with E-state index in [4.69, 9.17) is 0 Å². The normalized spacial score (nSPS) is 10.5. The van der Waals surface area contributed by atoms with Gasteiger partial charge in [0.15, 0.2) is 0 Å². The van der Waals surface area contributed by atoms with Crippen molar-refractivity contribution in [2.24, 2.45) is 5.92 Å². The second-order valence-corrected chi connectivity index (χ2v) is 3.87. The Labute approximate surface area is 81.5 Å². The van der Waals surface area contributed by atoms with Crippen LogP contribution in [-0.2, 0) is 4.79 Å². The minimum atomic E-state index is 0.791. The van der Waals surface area contributed by atoms with Gasteiger partial charge < -0.3 is 10.2 Å². The molecular weight excluding hydrogens is 164 g/mol. The molecule has 0 aliphatic carbocycles. The highest BCUT2D eigenvalue weighted by atomic mass is 16.1. The van der Waals surface area contributed by atoms with Gasteiger partial charge in [0.1, 0.15) is 0 Å². The lowest BCUT2D eigenvalue weighted by molar-refractivity contribution is -0.116. The minimum absolute atomic E-state index is 0.791. The molecular formula is C10H22N2O. The van der Waals surface area contributed by atoms with E-state index in [1.54, 1.807) is 11.9 Å². The van der Waals surface area contributed by atoms with Crippen LogP contribution in [0.4, 0.5) is 0 Å². The first-order valence-corrected chi connectivity index (χ1v) is 5.03. The summed E-state index contributed by atoms with van der Waals surface area (Å²) in [5.41, 5.74) is 0. The number of nitrogens with one attached hydrogen (secondary N) is 1. The summed E-state index contributed by atoms with van der Waals surface area (Å²) in [6.45, 7) is 7.23. The van der Waals surface area contributed by atoms with Crippen molar-refractivity contribution < 1.29 is 4.79 Å². The molecule has 1 amide bonds. The number of carbonyl (C=O) groups is 1. The molecule has 0 saturated heterocycles. The molecule has 3 heteroatoms. The predicted molar refractivity (Wildman–Crippen MR) is 55.6 cm³/mol. The number of nitrogens with zero attached hydrogens (tertiary/aromatic N) is 1. The van der Waals surface area contributed by atoms with E-state index in [1.807, 2.05) is 0 Å². The number of carbonyl (C=O) groups excluding carboxylic acids is 1. The van der Waals surface area contributed by atoms with Crippen molar-refractivity contribution in [1.82, 2.24) is 10.2 Å². The summed E-state index contributed by atoms with van der Waals surface area (Å²) < 4.78 is 0. The molecule has 0 atom stereocenters. The standard InChI is InChI=1S/C10H22N2O/c1-10(2)5-4-6-11-7-8-12(3)9-13/h9-11H,4-8H2,1-3H3. The molecule has 0 aromatic carbocycles. The Morgan fingerprint density at radius 1 is 1.38 bits per heavy atom. The van der Waals surface area contributed by atoms with E-state index >= 15 is 0 Å². The summed E-state index contributed by atoms with van der Waals surface area (Å²) in [5, 5.41) is 3.31. The lowest BCUT2D eigenvalue weighted by atomic mass is 10.1. The van der Waals surface area contributed by atoms with Gasteiger partial charge in [0.05, 0.1) is 0 Å². The van der Waals surface area contributed by atoms with Gasteiger partial charge in [0.2, 0.25) is 6.41 Å². The van der Waals surface area contributed by atoms with E-state index in [2.05, 4.69) is 19.2 Å². The topological polar surface area (TPSA) is 32.3 Å². The molecule has 1 N–H and O–H groups in total. The zero-order valence-electron chi connectivity index (χ0n) is 9.05. The van der Waals surface area contributed by atoms with Gasteiger partial charge in [-0.1, -0.05) is 13.8 Å². The number of amides is 1. The minimum Gasteiger partial charge on any atom is -0.347 e. The molecule has 0 aliphatic heterocycles. The number of hydrogen-bond acceptors (Lipinski definition) is 2. The van der Waals surface area contributed by atoms with Crippen LogP contribution < -0.4 is 5.32 Å². The Bertz CT molecular complexity index is 126. The first-order valence-electron chi connectivity index (χ1n) is 5.03. The second kappa shape index (κ2) is 8.05. The molecule has 0 radical (unpaired) electrons. The van der Waals surface area contributed by atoms with E-state index in [1.165, 1.54) is 12.8 Å². The molecule has 0 aromatic rings. The largest absolute Gasteiger partial charge is 0.347 e. The van der Waals surface area contributed by atoms with Crippen LogP contribution in [0.25, 0.3) is 0 Å². The van der Waals surface area contributed by atoms with Crippen molar-refractivity contribution in [1.29, 1.82) is 0 Å². The zero-order chi connectivity index (χ0) is 10.1. The summed E-state index contributed by atoms with van der Waals surface area (Å²) in [5.74, 6) is 0.791. The van der Waals surface area contributed by atoms with Crippen molar-refractivity contribution in [3.8, 4) is 0 Å². The van der Waals surface area contributed by atoms with E-state index in [0.717, 1.165) is 32.0 Å². The fourth-order valence-electron chi connectivity index (χ4n) is 1.07. The maximum Gasteiger partial charge on any atom is 0.209 e. The van der Waals surface area contributed by atoms with E-state index < -0.39 is 0 Å². The summed E-state index contributed by atoms with van der Waals surface area (Å²) in [7, 11) is 1.79. The zero-order valence-corrected chi connectivity index (χ0v) is 9.05. The summed E-state index contributed by atoms with van der Waals surface area (Å²) >= 11 is 0. The molecule has 0 aromatic heterocycles. The van der Waals surface area contributed by atoms with Gasteiger partial charge >= 0.3 is 0 Å². The van der Waals surface area contributed by atoms with Crippen molar-refractivity contribution in [2.45, 2.75) is 26.7 Å². The SMILES string of the molecule is CC(C)CCCNCCN(C)C=O. The molecule has 78 valence electrons. The van der Waals surface area contributed by atoms with Crippen LogP contribution in [0.3, 0.4) is 0 Å². The molecule has 0 saturated carbocycles. The highest BCUT2D eigenvalue weighted by molar-refractivity contribution is 5.46. The van der Waals surface area contributed by atoms with E-state index in [0.29, 0.717) is 0 Å². The third-order valence-corrected chi connectivity index (χ3v) is 1.96. The van der Waals surface area contributed by atoms with Crippen molar-refractivity contribution in [2.75, 3.05) is 26.7 Å². The van der Waals surface area contributed by atoms with Gasteiger partial charge in [-0.25, -0.2) is 0 Å². The lowest BCUT2D eigenvalue weighted by Gasteiger charge is -2.11. The molecule has 0 unspecified atom stereocenters. The van der Waals surface area contributed by atoms with Gasteiger partial charge in [-0.15, -0.1) is 0 Å². The Morgan fingerprint density at radius 3 is 2.62 bits per heavy atom. The van der Waals surface area contributed by atoms with Crippen LogP contribution in [0.2, 0.25) is 0 Å². The summed E-state index contributed by atoms with van der Waals surface area (Å²) in [4.78, 5) is 11.9. The van der Waals surface area contributed by atoms with Gasteiger partial charge in [-0.05, 0) is 25.3 Å². The van der Waals surface area contributed by atoms with E-state index in [-0.39, 0.29) is 0 Å². The molecule has 0 bridgehead atoms. The van der Waals surface area contributed by atoms with Crippen molar-refractivity contribution in [3.63, 3.8) is 0 Å². The molecule has 13 heavy (non-hydrogen) atoms. The number of rotatable bonds is 8. The van der Waals surface area contributed by atoms with Crippen LogP contribution in [0.1, 0.15) is 26.7 Å². The Balaban J connectivity index is 3.03. The molecule has 0 heterocycles. The fourth-order valence-corrected chi connectivity index (χ4v) is 1.07. The highest BCUT2D eigenvalue weighted by Gasteiger charge is 1.94. The number of hydrogen-bond donors (Lipinski definition) is 1. The van der Waals surface area contributed by atoms with Gasteiger partial charge in [0.25, 0.3) is 0 Å². The van der Waals surface area contributed by atoms with Crippen LogP contribution in [0.5, 0.6) is 0 Å².